The summed E-state index contributed by atoms with van der Waals surface area (Å²) in [5.41, 5.74) is 0. The molecule has 0 aliphatic carbocycles. The molecule has 0 unspecified atom stereocenters. The molecule has 3 heteroatoms. The Morgan fingerprint density at radius 1 is 1.00 bits per heavy atom. The zero-order valence-electron chi connectivity index (χ0n) is 3.25. The van der Waals surface area contributed by atoms with Gasteiger partial charge in [0.1, 0.15) is 0 Å². The van der Waals surface area contributed by atoms with Crippen LogP contribution in [0.5, 0.6) is 0 Å². The van der Waals surface area contributed by atoms with E-state index in [1.54, 1.807) is 0 Å². The number of hydrogen-bond donors (Lipinski definition) is 0. The van der Waals surface area contributed by atoms with Gasteiger partial charge in [0, 0.05) is 27.5 Å². The summed E-state index contributed by atoms with van der Waals surface area (Å²) < 4.78 is 0. The van der Waals surface area contributed by atoms with Crippen LogP contribution in [0.15, 0.2) is 0 Å². The number of hydrogen-bond acceptors (Lipinski definition) is 2. The first-order valence-electron chi connectivity index (χ1n) is 1.74. The van der Waals surface area contributed by atoms with Gasteiger partial charge in [-0.1, -0.05) is 0 Å². The maximum absolute atomic E-state index is 4.44. The van der Waals surface area contributed by atoms with Crippen molar-refractivity contribution in [1.82, 2.24) is 0 Å². The molecule has 0 spiro atoms. The molecule has 0 atom stereocenters. The van der Waals surface area contributed by atoms with Crippen molar-refractivity contribution in [3.63, 3.8) is 0 Å². The van der Waals surface area contributed by atoms with E-state index in [4.69, 9.17) is 0 Å². The van der Waals surface area contributed by atoms with E-state index >= 15 is 0 Å². The third-order valence-corrected chi connectivity index (χ3v) is 0.539. The second kappa shape index (κ2) is 3.79. The maximum Gasteiger partial charge on any atom is 0.0845 e. The van der Waals surface area contributed by atoms with Gasteiger partial charge in [-0.05, 0) is 0 Å². The molecular formula is C3H6O2Pt. The summed E-state index contributed by atoms with van der Waals surface area (Å²) in [6.07, 6.45) is 1.06. The standard InChI is InChI=1S/C3H6O2.Pt/c1-2-4-5-3-1;/h1-3H2;. The van der Waals surface area contributed by atoms with E-state index in [1.165, 1.54) is 0 Å². The Morgan fingerprint density at radius 3 is 1.67 bits per heavy atom. The van der Waals surface area contributed by atoms with Crippen LogP contribution in [0.25, 0.3) is 0 Å². The largest absolute Gasteiger partial charge is 0.237 e. The van der Waals surface area contributed by atoms with E-state index in [2.05, 4.69) is 9.78 Å². The third-order valence-electron chi connectivity index (χ3n) is 0.539. The van der Waals surface area contributed by atoms with Gasteiger partial charge in [-0.3, -0.25) is 0 Å². The first-order chi connectivity index (χ1) is 2.50. The van der Waals surface area contributed by atoms with Crippen molar-refractivity contribution in [2.75, 3.05) is 13.2 Å². The number of rotatable bonds is 0. The molecule has 0 bridgehead atoms. The molecule has 0 aromatic heterocycles. The molecule has 40 valence electrons. The second-order valence-electron chi connectivity index (χ2n) is 0.998. The van der Waals surface area contributed by atoms with Gasteiger partial charge in [-0.15, -0.1) is 0 Å². The normalized spacial score (nSPS) is 20.0. The molecule has 1 heterocycles. The SMILES string of the molecule is C1COOC1.[Pt]. The van der Waals surface area contributed by atoms with Crippen molar-refractivity contribution < 1.29 is 30.8 Å². The van der Waals surface area contributed by atoms with Crippen LogP contribution in [0.1, 0.15) is 6.42 Å². The van der Waals surface area contributed by atoms with Crippen LogP contribution in [0.3, 0.4) is 0 Å². The molecule has 1 aliphatic rings. The van der Waals surface area contributed by atoms with Gasteiger partial charge in [-0.2, -0.15) is 0 Å². The summed E-state index contributed by atoms with van der Waals surface area (Å²) in [7, 11) is 0. The fraction of sp³-hybridized carbons (Fsp3) is 1.00. The summed E-state index contributed by atoms with van der Waals surface area (Å²) in [4.78, 5) is 8.89. The Balaban J connectivity index is 0.000000250. The van der Waals surface area contributed by atoms with Crippen LogP contribution in [0.2, 0.25) is 0 Å². The Hall–Kier alpha value is 0.608. The molecule has 1 fully saturated rings. The van der Waals surface area contributed by atoms with Gasteiger partial charge in [0.25, 0.3) is 0 Å². The predicted octanol–water partition coefficient (Wildman–Crippen LogP) is 0.336. The molecule has 0 amide bonds. The second-order valence-corrected chi connectivity index (χ2v) is 0.998. The Labute approximate surface area is 51.0 Å². The monoisotopic (exact) mass is 269 g/mol. The molecule has 0 N–H and O–H groups in total. The van der Waals surface area contributed by atoms with E-state index in [9.17, 15) is 0 Å². The zero-order valence-corrected chi connectivity index (χ0v) is 5.53. The summed E-state index contributed by atoms with van der Waals surface area (Å²) in [5, 5.41) is 0. The van der Waals surface area contributed by atoms with Crippen LogP contribution in [0, 0.1) is 0 Å². The van der Waals surface area contributed by atoms with E-state index in [0.717, 1.165) is 19.6 Å². The van der Waals surface area contributed by atoms with Crippen LogP contribution in [-0.4, -0.2) is 13.2 Å². The molecule has 0 aromatic carbocycles. The molecular weight excluding hydrogens is 263 g/mol. The van der Waals surface area contributed by atoms with Crippen molar-refractivity contribution in [1.29, 1.82) is 0 Å². The minimum absolute atomic E-state index is 0. The average molecular weight is 269 g/mol. The van der Waals surface area contributed by atoms with Crippen LogP contribution in [0.4, 0.5) is 0 Å². The van der Waals surface area contributed by atoms with E-state index in [1.807, 2.05) is 0 Å². The minimum Gasteiger partial charge on any atom is -0.237 e. The van der Waals surface area contributed by atoms with Gasteiger partial charge in [0.05, 0.1) is 13.2 Å². The van der Waals surface area contributed by atoms with Crippen molar-refractivity contribution in [3.05, 3.63) is 0 Å². The van der Waals surface area contributed by atoms with Crippen molar-refractivity contribution in [2.24, 2.45) is 0 Å². The van der Waals surface area contributed by atoms with Crippen molar-refractivity contribution >= 4 is 0 Å². The first kappa shape index (κ1) is 6.61. The van der Waals surface area contributed by atoms with Gasteiger partial charge in [0.15, 0.2) is 0 Å². The molecule has 0 radical (unpaired) electrons. The van der Waals surface area contributed by atoms with Crippen LogP contribution >= 0.6 is 0 Å². The minimum atomic E-state index is 0. The smallest absolute Gasteiger partial charge is 0.0845 e. The summed E-state index contributed by atoms with van der Waals surface area (Å²) in [6, 6.07) is 0. The molecule has 0 aromatic rings. The zero-order chi connectivity index (χ0) is 3.54. The molecule has 6 heavy (non-hydrogen) atoms. The predicted molar refractivity (Wildman–Crippen MR) is 16.5 cm³/mol. The third kappa shape index (κ3) is 1.91. The van der Waals surface area contributed by atoms with E-state index in [-0.39, 0.29) is 21.1 Å². The maximum atomic E-state index is 4.44. The summed E-state index contributed by atoms with van der Waals surface area (Å²) >= 11 is 0. The Kier molecular flexibility index (Phi) is 4.17. The molecule has 1 aliphatic heterocycles. The van der Waals surface area contributed by atoms with Gasteiger partial charge < -0.3 is 0 Å². The Bertz CT molecular complexity index is 20.4. The Morgan fingerprint density at radius 2 is 1.50 bits per heavy atom. The summed E-state index contributed by atoms with van der Waals surface area (Å²) in [6.45, 7) is 1.56. The van der Waals surface area contributed by atoms with E-state index in [0.29, 0.717) is 0 Å². The summed E-state index contributed by atoms with van der Waals surface area (Å²) in [5.74, 6) is 0. The van der Waals surface area contributed by atoms with Crippen LogP contribution in [-0.2, 0) is 30.8 Å². The van der Waals surface area contributed by atoms with Crippen LogP contribution < -0.4 is 0 Å². The first-order valence-corrected chi connectivity index (χ1v) is 1.74. The molecule has 1 rings (SSSR count). The molecule has 0 saturated carbocycles. The van der Waals surface area contributed by atoms with Gasteiger partial charge >= 0.3 is 0 Å². The van der Waals surface area contributed by atoms with E-state index < -0.39 is 0 Å². The quantitative estimate of drug-likeness (QED) is 0.590. The molecule has 1 saturated heterocycles. The fourth-order valence-electron chi connectivity index (χ4n) is 0.295. The fourth-order valence-corrected chi connectivity index (χ4v) is 0.295. The molecule has 2 nitrogen and oxygen atoms in total. The van der Waals surface area contributed by atoms with Crippen molar-refractivity contribution in [3.8, 4) is 0 Å². The van der Waals surface area contributed by atoms with Gasteiger partial charge in [-0.25, -0.2) is 9.78 Å². The topological polar surface area (TPSA) is 18.5 Å². The average Bonchev–Trinajstić information content (AvgIpc) is 1.76. The van der Waals surface area contributed by atoms with Gasteiger partial charge in [0.2, 0.25) is 0 Å². The van der Waals surface area contributed by atoms with Crippen molar-refractivity contribution in [2.45, 2.75) is 6.42 Å².